The van der Waals surface area contributed by atoms with Crippen LogP contribution in [0.15, 0.2) is 94.5 Å². The topological polar surface area (TPSA) is 68.3 Å². The molecule has 2 heterocycles. The maximum Gasteiger partial charge on any atom is 0.196 e. The van der Waals surface area contributed by atoms with Crippen LogP contribution in [0.1, 0.15) is 66.2 Å². The molecule has 2 unspecified atom stereocenters. The van der Waals surface area contributed by atoms with Crippen LogP contribution in [0.5, 0.6) is 11.5 Å². The normalized spacial score (nSPS) is 14.3. The Morgan fingerprint density at radius 2 is 1.09 bits per heavy atom. The number of ether oxygens (including phenoxy) is 3. The van der Waals surface area contributed by atoms with Crippen molar-refractivity contribution in [3.8, 4) is 11.5 Å². The molecule has 0 aliphatic heterocycles. The van der Waals surface area contributed by atoms with Crippen molar-refractivity contribution in [1.82, 2.24) is 9.80 Å². The predicted octanol–water partition coefficient (Wildman–Crippen LogP) is 10.4. The lowest BCUT2D eigenvalue weighted by Gasteiger charge is -2.40. The Morgan fingerprint density at radius 3 is 1.62 bits per heavy atom. The summed E-state index contributed by atoms with van der Waals surface area (Å²) in [7, 11) is 4.37. The van der Waals surface area contributed by atoms with E-state index < -0.39 is 0 Å². The van der Waals surface area contributed by atoms with Gasteiger partial charge in [-0.05, 0) is 127 Å². The number of hydrogen-bond acceptors (Lipinski definition) is 9. The minimum Gasteiger partial charge on any atom is -0.494 e. The number of benzene rings is 4. The summed E-state index contributed by atoms with van der Waals surface area (Å²) in [5.74, 6) is 1.49. The first-order valence-corrected chi connectivity index (χ1v) is 21.4. The van der Waals surface area contributed by atoms with Crippen LogP contribution in [-0.2, 0) is 4.74 Å². The van der Waals surface area contributed by atoms with E-state index in [0.29, 0.717) is 19.8 Å². The molecule has 0 amide bonds. The molecule has 0 aliphatic rings. The molecular weight excluding hydrogens is 725 g/mol. The molecule has 0 saturated heterocycles. The van der Waals surface area contributed by atoms with Gasteiger partial charge < -0.3 is 24.0 Å². The summed E-state index contributed by atoms with van der Waals surface area (Å²) in [6.45, 7) is 13.7. The van der Waals surface area contributed by atoms with Crippen molar-refractivity contribution in [1.29, 1.82) is 0 Å². The fourth-order valence-electron chi connectivity index (χ4n) is 7.08. The van der Waals surface area contributed by atoms with Crippen LogP contribution in [0.2, 0.25) is 0 Å². The average Bonchev–Trinajstić information content (AvgIpc) is 3.20. The van der Waals surface area contributed by atoms with Crippen LogP contribution >= 0.6 is 22.7 Å². The first-order chi connectivity index (χ1) is 26.5. The fourth-order valence-corrected chi connectivity index (χ4v) is 9.18. The largest absolute Gasteiger partial charge is 0.494 e. The minimum absolute atomic E-state index is 0.0168. The number of fused-ring (bicyclic) bond motifs is 4. The van der Waals surface area contributed by atoms with Crippen LogP contribution < -0.4 is 20.3 Å². The third-order valence-corrected chi connectivity index (χ3v) is 13.8. The van der Waals surface area contributed by atoms with Gasteiger partial charge in [0.25, 0.3) is 0 Å². The van der Waals surface area contributed by atoms with Crippen molar-refractivity contribution in [2.75, 3.05) is 53.6 Å². The van der Waals surface area contributed by atoms with E-state index in [0.717, 1.165) is 110 Å². The first-order valence-electron chi connectivity index (χ1n) is 19.7. The van der Waals surface area contributed by atoms with Gasteiger partial charge >= 0.3 is 0 Å². The summed E-state index contributed by atoms with van der Waals surface area (Å²) in [4.78, 5) is 31.0. The van der Waals surface area contributed by atoms with Gasteiger partial charge in [-0.15, -0.1) is 22.7 Å². The second-order valence-electron chi connectivity index (χ2n) is 15.3. The SMILES string of the molecule is CCC(C)(CCN(C)CCCOc1ccc2sc3ccccc3c(=O)c2c1)OCCC(C)(CC)N(C)CCCOc1ccc2sc3ccccc3c(=O)c2c1. The molecule has 0 saturated carbocycles. The van der Waals surface area contributed by atoms with Gasteiger partial charge in [0.15, 0.2) is 10.9 Å². The lowest BCUT2D eigenvalue weighted by Crippen LogP contribution is -2.45. The van der Waals surface area contributed by atoms with Gasteiger partial charge in [-0.25, -0.2) is 0 Å². The first kappa shape index (κ1) is 40.8. The van der Waals surface area contributed by atoms with Gasteiger partial charge in [0.05, 0.1) is 18.8 Å². The molecule has 9 heteroatoms. The number of rotatable bonds is 20. The van der Waals surface area contributed by atoms with Gasteiger partial charge in [-0.2, -0.15) is 0 Å². The summed E-state index contributed by atoms with van der Waals surface area (Å²) in [6.07, 6.45) is 5.69. The van der Waals surface area contributed by atoms with Gasteiger partial charge in [0.1, 0.15) is 11.5 Å². The van der Waals surface area contributed by atoms with Crippen molar-refractivity contribution in [3.63, 3.8) is 0 Å². The minimum atomic E-state index is -0.186. The van der Waals surface area contributed by atoms with Gasteiger partial charge in [0.2, 0.25) is 0 Å². The zero-order chi connectivity index (χ0) is 39.0. The zero-order valence-corrected chi connectivity index (χ0v) is 35.0. The monoisotopic (exact) mass is 780 g/mol. The Bertz CT molecular complexity index is 2340. The van der Waals surface area contributed by atoms with Crippen LogP contribution in [-0.4, -0.2) is 74.5 Å². The highest BCUT2D eigenvalue weighted by Gasteiger charge is 2.29. The van der Waals surface area contributed by atoms with Gasteiger partial charge in [0, 0.05) is 72.1 Å². The third-order valence-electron chi connectivity index (χ3n) is 11.5. The lowest BCUT2D eigenvalue weighted by molar-refractivity contribution is -0.0593. The maximum atomic E-state index is 13.1. The van der Waals surface area contributed by atoms with E-state index in [1.165, 1.54) is 0 Å². The second-order valence-corrected chi connectivity index (χ2v) is 17.5. The summed E-state index contributed by atoms with van der Waals surface area (Å²) < 4.78 is 22.9. The smallest absolute Gasteiger partial charge is 0.196 e. The van der Waals surface area contributed by atoms with Crippen molar-refractivity contribution < 1.29 is 14.2 Å². The van der Waals surface area contributed by atoms with E-state index in [2.05, 4.69) is 51.6 Å². The van der Waals surface area contributed by atoms with Gasteiger partial charge in [-0.1, -0.05) is 38.1 Å². The molecule has 0 fully saturated rings. The molecule has 2 aromatic heterocycles. The van der Waals surface area contributed by atoms with E-state index in [1.807, 2.05) is 84.9 Å². The molecule has 0 N–H and O–H groups in total. The second kappa shape index (κ2) is 18.4. The Labute approximate surface area is 333 Å². The fraction of sp³-hybridized carbons (Fsp3) is 0.435. The van der Waals surface area contributed by atoms with Crippen LogP contribution in [0, 0.1) is 0 Å². The third kappa shape index (κ3) is 9.94. The Balaban J connectivity index is 0.901. The highest BCUT2D eigenvalue weighted by atomic mass is 32.1. The van der Waals surface area contributed by atoms with Crippen LogP contribution in [0.25, 0.3) is 40.3 Å². The molecule has 0 radical (unpaired) electrons. The summed E-state index contributed by atoms with van der Waals surface area (Å²) in [5, 5.41) is 2.97. The van der Waals surface area contributed by atoms with E-state index in [-0.39, 0.29) is 22.0 Å². The van der Waals surface area contributed by atoms with Gasteiger partial charge in [-0.3, -0.25) is 9.59 Å². The van der Waals surface area contributed by atoms with E-state index in [1.54, 1.807) is 22.7 Å². The Kier molecular flexibility index (Phi) is 13.6. The summed E-state index contributed by atoms with van der Waals surface area (Å²) in [5.41, 5.74) is -0.0353. The van der Waals surface area contributed by atoms with Crippen molar-refractivity contribution in [2.24, 2.45) is 0 Å². The van der Waals surface area contributed by atoms with E-state index in [4.69, 9.17) is 14.2 Å². The van der Waals surface area contributed by atoms with Crippen molar-refractivity contribution >= 4 is 63.0 Å². The highest BCUT2D eigenvalue weighted by Crippen LogP contribution is 2.30. The zero-order valence-electron chi connectivity index (χ0n) is 33.3. The Morgan fingerprint density at radius 1 is 0.582 bits per heavy atom. The molecule has 6 rings (SSSR count). The molecule has 2 atom stereocenters. The quantitative estimate of drug-likeness (QED) is 0.0564. The van der Waals surface area contributed by atoms with Crippen molar-refractivity contribution in [3.05, 3.63) is 105 Å². The molecular formula is C46H56N2O5S2. The molecule has 0 aliphatic carbocycles. The van der Waals surface area contributed by atoms with E-state index in [9.17, 15) is 9.59 Å². The predicted molar refractivity (Wildman–Crippen MR) is 234 cm³/mol. The summed E-state index contributed by atoms with van der Waals surface area (Å²) >= 11 is 3.28. The average molecular weight is 781 g/mol. The molecule has 6 aromatic rings. The molecule has 55 heavy (non-hydrogen) atoms. The maximum absolute atomic E-state index is 13.1. The molecule has 7 nitrogen and oxygen atoms in total. The summed E-state index contributed by atoms with van der Waals surface area (Å²) in [6, 6.07) is 27.3. The lowest BCUT2D eigenvalue weighted by atomic mass is 9.92. The van der Waals surface area contributed by atoms with E-state index >= 15 is 0 Å². The highest BCUT2D eigenvalue weighted by molar-refractivity contribution is 7.24. The van der Waals surface area contributed by atoms with Crippen molar-refractivity contribution in [2.45, 2.75) is 77.4 Å². The van der Waals surface area contributed by atoms with Crippen LogP contribution in [0.4, 0.5) is 0 Å². The molecule has 292 valence electrons. The standard InChI is InChI=1S/C46H56N2O5S2/c1-7-45(3,48(6)26-14-29-52-34-20-22-42-38(32-34)44(50)36-16-10-12-18-40(36)55-42)24-30-53-46(4,8-2)23-27-47(5)25-13-28-51-33-19-21-41-37(31-33)43(49)35-15-9-11-17-39(35)54-41/h9-12,15-22,31-32H,7-8,13-14,23-30H2,1-6H3. The Hall–Kier alpha value is -3.86. The molecule has 0 bridgehead atoms. The van der Waals surface area contributed by atoms with Crippen LogP contribution in [0.3, 0.4) is 0 Å². The number of hydrogen-bond donors (Lipinski definition) is 0. The molecule has 0 spiro atoms. The number of nitrogens with zero attached hydrogens (tertiary/aromatic N) is 2. The molecule has 4 aromatic carbocycles.